The lowest BCUT2D eigenvalue weighted by atomic mass is 10.0. The van der Waals surface area contributed by atoms with Gasteiger partial charge in [-0.3, -0.25) is 19.4 Å². The summed E-state index contributed by atoms with van der Waals surface area (Å²) < 4.78 is 39.5. The first-order chi connectivity index (χ1) is 19.4. The highest BCUT2D eigenvalue weighted by Gasteiger charge is 2.38. The van der Waals surface area contributed by atoms with Gasteiger partial charge in [0.1, 0.15) is 11.4 Å². The Kier molecular flexibility index (Phi) is 7.85. The summed E-state index contributed by atoms with van der Waals surface area (Å²) in [5, 5.41) is 3.15. The number of amides is 1. The van der Waals surface area contributed by atoms with Crippen molar-refractivity contribution in [1.29, 1.82) is 0 Å². The number of piperidine rings is 1. The Morgan fingerprint density at radius 3 is 2.45 bits per heavy atom. The Balaban J connectivity index is 0.951. The number of benzene rings is 2. The first-order valence-corrected chi connectivity index (χ1v) is 14.4. The predicted octanol–water partition coefficient (Wildman–Crippen LogP) is 4.86. The zero-order valence-corrected chi connectivity index (χ0v) is 22.5. The van der Waals surface area contributed by atoms with Crippen LogP contribution in [-0.2, 0) is 6.54 Å². The summed E-state index contributed by atoms with van der Waals surface area (Å²) in [6, 6.07) is 11.4. The molecule has 0 radical (unpaired) electrons. The molecule has 7 nitrogen and oxygen atoms in total. The van der Waals surface area contributed by atoms with Crippen LogP contribution in [0.3, 0.4) is 0 Å². The molecule has 3 aliphatic rings. The van der Waals surface area contributed by atoms with Crippen molar-refractivity contribution in [3.05, 3.63) is 75.6 Å². The molecular weight excluding hydrogens is 516 g/mol. The van der Waals surface area contributed by atoms with Crippen molar-refractivity contribution in [1.82, 2.24) is 15.1 Å². The first kappa shape index (κ1) is 26.9. The second-order valence-corrected chi connectivity index (χ2v) is 11.3. The third-order valence-corrected chi connectivity index (χ3v) is 8.09. The summed E-state index contributed by atoms with van der Waals surface area (Å²) in [5.41, 5.74) is 0.537. The Morgan fingerprint density at radius 2 is 1.75 bits per heavy atom. The van der Waals surface area contributed by atoms with E-state index in [9.17, 15) is 18.4 Å². The van der Waals surface area contributed by atoms with Crippen molar-refractivity contribution in [2.24, 2.45) is 0 Å². The number of fused-ring (bicyclic) bond motifs is 1. The van der Waals surface area contributed by atoms with Crippen LogP contribution in [0.25, 0.3) is 11.0 Å². The molecule has 6 rings (SSSR count). The summed E-state index contributed by atoms with van der Waals surface area (Å²) in [4.78, 5) is 29.9. The summed E-state index contributed by atoms with van der Waals surface area (Å²) in [5.74, 6) is -1.20. The van der Waals surface area contributed by atoms with Crippen LogP contribution >= 0.6 is 0 Å². The van der Waals surface area contributed by atoms with Gasteiger partial charge < -0.3 is 14.5 Å². The molecule has 0 unspecified atom stereocenters. The van der Waals surface area contributed by atoms with Gasteiger partial charge in [0.2, 0.25) is 0 Å². The number of carbonyl (C=O) groups is 1. The van der Waals surface area contributed by atoms with Gasteiger partial charge in [0.15, 0.2) is 22.8 Å². The molecule has 1 aliphatic heterocycles. The molecule has 1 saturated heterocycles. The molecule has 9 heteroatoms. The minimum Gasteiger partial charge on any atom is -0.490 e. The number of rotatable bonds is 11. The van der Waals surface area contributed by atoms with Gasteiger partial charge >= 0.3 is 0 Å². The van der Waals surface area contributed by atoms with Crippen LogP contribution in [0.2, 0.25) is 0 Å². The van der Waals surface area contributed by atoms with Crippen LogP contribution in [0.5, 0.6) is 5.75 Å². The Bertz CT molecular complexity index is 1420. The number of carbonyl (C=O) groups excluding carboxylic acids is 1. The molecule has 2 saturated carbocycles. The maximum Gasteiger partial charge on any atom is 0.287 e. The van der Waals surface area contributed by atoms with E-state index in [2.05, 4.69) is 15.1 Å². The highest BCUT2D eigenvalue weighted by Crippen LogP contribution is 2.37. The molecule has 3 aromatic rings. The summed E-state index contributed by atoms with van der Waals surface area (Å²) >= 11 is 0. The first-order valence-electron chi connectivity index (χ1n) is 14.4. The third kappa shape index (κ3) is 6.53. The van der Waals surface area contributed by atoms with Crippen molar-refractivity contribution in [3.63, 3.8) is 0 Å². The van der Waals surface area contributed by atoms with E-state index in [-0.39, 0.29) is 28.6 Å². The Labute approximate surface area is 232 Å². The van der Waals surface area contributed by atoms with Crippen LogP contribution < -0.4 is 15.5 Å². The SMILES string of the molecule is O=C(NC1CCN(Cc2ccc(OCCCN(C3CC3)C3CC3)c(F)c2)CC1)c1cc(=O)c2ccc(F)cc2o1. The van der Waals surface area contributed by atoms with Gasteiger partial charge in [-0.25, -0.2) is 8.78 Å². The second-order valence-electron chi connectivity index (χ2n) is 11.3. The van der Waals surface area contributed by atoms with E-state index in [1.165, 1.54) is 37.8 Å². The minimum atomic E-state index is -0.540. The molecule has 0 bridgehead atoms. The highest BCUT2D eigenvalue weighted by molar-refractivity contribution is 5.93. The zero-order chi connectivity index (χ0) is 27.6. The van der Waals surface area contributed by atoms with Gasteiger partial charge in [0.25, 0.3) is 5.91 Å². The normalized spacial score (nSPS) is 18.4. The maximum absolute atomic E-state index is 14.7. The fraction of sp³-hybridized carbons (Fsp3) is 0.484. The summed E-state index contributed by atoms with van der Waals surface area (Å²) in [7, 11) is 0. The molecule has 1 amide bonds. The highest BCUT2D eigenvalue weighted by atomic mass is 19.1. The van der Waals surface area contributed by atoms with Crippen LogP contribution in [0.1, 0.15) is 61.1 Å². The lowest BCUT2D eigenvalue weighted by Crippen LogP contribution is -2.44. The molecule has 2 heterocycles. The molecule has 2 aromatic carbocycles. The molecule has 2 aliphatic carbocycles. The van der Waals surface area contributed by atoms with Gasteiger partial charge in [-0.15, -0.1) is 0 Å². The van der Waals surface area contributed by atoms with Gasteiger partial charge in [-0.2, -0.15) is 0 Å². The minimum absolute atomic E-state index is 0.0462. The smallest absolute Gasteiger partial charge is 0.287 e. The summed E-state index contributed by atoms with van der Waals surface area (Å²) in [6.07, 6.45) is 7.58. The van der Waals surface area contributed by atoms with E-state index in [0.717, 1.165) is 55.8 Å². The Hall–Kier alpha value is -3.30. The monoisotopic (exact) mass is 551 g/mol. The number of hydrogen-bond donors (Lipinski definition) is 1. The standard InChI is InChI=1S/C31H35F2N3O4/c32-21-3-8-25-27(37)18-30(40-29(25)17-21)31(38)34-22-10-13-35(14-11-22)19-20-2-9-28(26(33)16-20)39-15-1-12-36(23-4-5-23)24-6-7-24/h2-3,8-9,16-18,22-24H,1,4-7,10-15,19H2,(H,34,38). The van der Waals surface area contributed by atoms with Crippen molar-refractivity contribution in [3.8, 4) is 5.75 Å². The van der Waals surface area contributed by atoms with Crippen molar-refractivity contribution >= 4 is 16.9 Å². The van der Waals surface area contributed by atoms with E-state index in [1.807, 2.05) is 6.07 Å². The number of nitrogens with one attached hydrogen (secondary N) is 1. The predicted molar refractivity (Wildman–Crippen MR) is 147 cm³/mol. The van der Waals surface area contributed by atoms with Crippen LogP contribution in [0, 0.1) is 11.6 Å². The van der Waals surface area contributed by atoms with Gasteiger partial charge in [0, 0.05) is 56.4 Å². The quantitative estimate of drug-likeness (QED) is 0.343. The van der Waals surface area contributed by atoms with Gasteiger partial charge in [-0.05, 0) is 74.8 Å². The fourth-order valence-corrected chi connectivity index (χ4v) is 5.66. The van der Waals surface area contributed by atoms with Crippen molar-refractivity contribution in [2.75, 3.05) is 26.2 Å². The van der Waals surface area contributed by atoms with Crippen molar-refractivity contribution < 1.29 is 22.7 Å². The largest absolute Gasteiger partial charge is 0.490 e. The number of ether oxygens (including phenoxy) is 1. The number of halogens is 2. The molecule has 1 N–H and O–H groups in total. The van der Waals surface area contributed by atoms with E-state index in [1.54, 1.807) is 12.1 Å². The number of nitrogens with zero attached hydrogens (tertiary/aromatic N) is 2. The topological polar surface area (TPSA) is 75.0 Å². The molecular formula is C31H35F2N3O4. The number of hydrogen-bond acceptors (Lipinski definition) is 6. The molecule has 3 fully saturated rings. The van der Waals surface area contributed by atoms with E-state index in [0.29, 0.717) is 31.7 Å². The van der Waals surface area contributed by atoms with Crippen LogP contribution in [0.4, 0.5) is 8.78 Å². The average Bonchev–Trinajstić information content (AvgIpc) is 3.85. The molecule has 0 atom stereocenters. The molecule has 0 spiro atoms. The third-order valence-electron chi connectivity index (χ3n) is 8.09. The van der Waals surface area contributed by atoms with E-state index >= 15 is 0 Å². The average molecular weight is 552 g/mol. The van der Waals surface area contributed by atoms with Crippen LogP contribution in [-0.4, -0.2) is 60.1 Å². The molecule has 212 valence electrons. The number of likely N-dealkylation sites (tertiary alicyclic amines) is 1. The molecule has 1 aromatic heterocycles. The zero-order valence-electron chi connectivity index (χ0n) is 22.5. The summed E-state index contributed by atoms with van der Waals surface area (Å²) in [6.45, 7) is 3.63. The van der Waals surface area contributed by atoms with Gasteiger partial charge in [0.05, 0.1) is 12.0 Å². The second kappa shape index (κ2) is 11.7. The fourth-order valence-electron chi connectivity index (χ4n) is 5.66. The van der Waals surface area contributed by atoms with Crippen molar-refractivity contribution in [2.45, 2.75) is 69.6 Å². The maximum atomic E-state index is 14.7. The Morgan fingerprint density at radius 1 is 1.00 bits per heavy atom. The molecule has 40 heavy (non-hydrogen) atoms. The van der Waals surface area contributed by atoms with E-state index in [4.69, 9.17) is 9.15 Å². The lowest BCUT2D eigenvalue weighted by molar-refractivity contribution is 0.0881. The lowest BCUT2D eigenvalue weighted by Gasteiger charge is -2.32. The van der Waals surface area contributed by atoms with Gasteiger partial charge in [-0.1, -0.05) is 6.07 Å². The van der Waals surface area contributed by atoms with Crippen LogP contribution in [0.15, 0.2) is 51.7 Å². The van der Waals surface area contributed by atoms with E-state index < -0.39 is 17.2 Å².